The fourth-order valence-corrected chi connectivity index (χ4v) is 2.17. The minimum atomic E-state index is -0.126. The van der Waals surface area contributed by atoms with Crippen LogP contribution in [0.5, 0.6) is 5.75 Å². The molecule has 0 aromatic heterocycles. The lowest BCUT2D eigenvalue weighted by atomic mass is 10.0. The van der Waals surface area contributed by atoms with Gasteiger partial charge in [-0.3, -0.25) is 0 Å². The summed E-state index contributed by atoms with van der Waals surface area (Å²) < 4.78 is 0. The van der Waals surface area contributed by atoms with Gasteiger partial charge in [0.25, 0.3) is 0 Å². The van der Waals surface area contributed by atoms with Gasteiger partial charge in [-0.05, 0) is 38.3 Å². The molecule has 1 heterocycles. The van der Waals surface area contributed by atoms with Crippen LogP contribution in [-0.4, -0.2) is 28.6 Å². The lowest BCUT2D eigenvalue weighted by molar-refractivity contribution is 0.170. The number of para-hydroxylation sites is 2. The number of likely N-dealkylation sites (tertiary alicyclic amines) is 1. The predicted molar refractivity (Wildman–Crippen MR) is 67.1 cm³/mol. The SMILES string of the molecule is CC1CCCCN1C(=O)Nc1ccccc1O. The second-order valence-electron chi connectivity index (χ2n) is 4.49. The standard InChI is InChI=1S/C13H18N2O2/c1-10-6-4-5-9-15(10)13(17)14-11-7-2-3-8-12(11)16/h2-3,7-8,10,16H,4-6,9H2,1H3,(H,14,17). The molecule has 2 rings (SSSR count). The molecule has 4 heteroatoms. The summed E-state index contributed by atoms with van der Waals surface area (Å²) in [5.74, 6) is 0.102. The summed E-state index contributed by atoms with van der Waals surface area (Å²) >= 11 is 0. The molecule has 0 radical (unpaired) electrons. The van der Waals surface area contributed by atoms with Gasteiger partial charge in [-0.1, -0.05) is 12.1 Å². The van der Waals surface area contributed by atoms with Crippen molar-refractivity contribution in [2.75, 3.05) is 11.9 Å². The first kappa shape index (κ1) is 11.8. The molecule has 1 atom stereocenters. The molecule has 2 N–H and O–H groups in total. The van der Waals surface area contributed by atoms with Gasteiger partial charge in [0, 0.05) is 12.6 Å². The normalized spacial score (nSPS) is 20.1. The van der Waals surface area contributed by atoms with Gasteiger partial charge >= 0.3 is 6.03 Å². The van der Waals surface area contributed by atoms with Gasteiger partial charge in [0.15, 0.2) is 0 Å². The Bertz CT molecular complexity index is 406. The van der Waals surface area contributed by atoms with E-state index in [0.29, 0.717) is 5.69 Å². The number of carbonyl (C=O) groups excluding carboxylic acids is 1. The molecule has 1 aliphatic rings. The second kappa shape index (κ2) is 5.08. The molecule has 2 amide bonds. The van der Waals surface area contributed by atoms with Gasteiger partial charge in [0.1, 0.15) is 5.75 Å². The number of amides is 2. The lowest BCUT2D eigenvalue weighted by Gasteiger charge is -2.33. The number of aromatic hydroxyl groups is 1. The quantitative estimate of drug-likeness (QED) is 0.734. The number of rotatable bonds is 1. The molecule has 1 aromatic rings. The van der Waals surface area contributed by atoms with E-state index in [1.165, 1.54) is 6.42 Å². The van der Waals surface area contributed by atoms with Gasteiger partial charge in [0.2, 0.25) is 0 Å². The van der Waals surface area contributed by atoms with E-state index in [0.717, 1.165) is 19.4 Å². The molecule has 0 spiro atoms. The van der Waals surface area contributed by atoms with E-state index in [2.05, 4.69) is 12.2 Å². The number of phenolic OH excluding ortho intramolecular Hbond substituents is 1. The molecule has 0 saturated carbocycles. The first-order valence-corrected chi connectivity index (χ1v) is 6.04. The number of nitrogens with zero attached hydrogens (tertiary/aromatic N) is 1. The third-order valence-corrected chi connectivity index (χ3v) is 3.21. The molecular weight excluding hydrogens is 216 g/mol. The summed E-state index contributed by atoms with van der Waals surface area (Å²) in [4.78, 5) is 13.9. The number of benzene rings is 1. The van der Waals surface area contributed by atoms with E-state index >= 15 is 0 Å². The first-order valence-electron chi connectivity index (χ1n) is 6.04. The van der Waals surface area contributed by atoms with Crippen molar-refractivity contribution in [1.82, 2.24) is 4.90 Å². The van der Waals surface area contributed by atoms with Crippen molar-refractivity contribution < 1.29 is 9.90 Å². The molecule has 1 fully saturated rings. The van der Waals surface area contributed by atoms with E-state index in [1.807, 2.05) is 4.90 Å². The Kier molecular flexibility index (Phi) is 3.52. The maximum atomic E-state index is 12.0. The maximum absolute atomic E-state index is 12.0. The molecule has 1 saturated heterocycles. The molecule has 1 unspecified atom stereocenters. The number of carbonyl (C=O) groups is 1. The van der Waals surface area contributed by atoms with Crippen LogP contribution in [0, 0.1) is 0 Å². The molecule has 0 bridgehead atoms. The Morgan fingerprint density at radius 1 is 1.41 bits per heavy atom. The van der Waals surface area contributed by atoms with E-state index in [9.17, 15) is 9.90 Å². The molecular formula is C13H18N2O2. The van der Waals surface area contributed by atoms with Gasteiger partial charge in [-0.25, -0.2) is 4.79 Å². The van der Waals surface area contributed by atoms with Crippen LogP contribution in [0.2, 0.25) is 0 Å². The first-order chi connectivity index (χ1) is 8.18. The summed E-state index contributed by atoms with van der Waals surface area (Å²) in [5.41, 5.74) is 0.468. The highest BCUT2D eigenvalue weighted by molar-refractivity contribution is 5.91. The highest BCUT2D eigenvalue weighted by Crippen LogP contribution is 2.23. The Balaban J connectivity index is 2.03. The molecule has 0 aliphatic carbocycles. The van der Waals surface area contributed by atoms with Gasteiger partial charge in [-0.2, -0.15) is 0 Å². The highest BCUT2D eigenvalue weighted by Gasteiger charge is 2.23. The predicted octanol–water partition coefficient (Wildman–Crippen LogP) is 2.80. The van der Waals surface area contributed by atoms with E-state index < -0.39 is 0 Å². The van der Waals surface area contributed by atoms with Crippen molar-refractivity contribution in [3.05, 3.63) is 24.3 Å². The van der Waals surface area contributed by atoms with Crippen LogP contribution in [0.1, 0.15) is 26.2 Å². The smallest absolute Gasteiger partial charge is 0.322 e. The third kappa shape index (κ3) is 2.70. The number of anilines is 1. The van der Waals surface area contributed by atoms with Gasteiger partial charge in [-0.15, -0.1) is 0 Å². The fourth-order valence-electron chi connectivity index (χ4n) is 2.17. The Hall–Kier alpha value is -1.71. The number of urea groups is 1. The summed E-state index contributed by atoms with van der Waals surface area (Å²) in [6.07, 6.45) is 3.29. The largest absolute Gasteiger partial charge is 0.506 e. The molecule has 17 heavy (non-hydrogen) atoms. The van der Waals surface area contributed by atoms with Gasteiger partial charge < -0.3 is 15.3 Å². The maximum Gasteiger partial charge on any atom is 0.322 e. The van der Waals surface area contributed by atoms with Crippen LogP contribution in [0.4, 0.5) is 10.5 Å². The highest BCUT2D eigenvalue weighted by atomic mass is 16.3. The zero-order chi connectivity index (χ0) is 12.3. The van der Waals surface area contributed by atoms with Crippen LogP contribution in [-0.2, 0) is 0 Å². The van der Waals surface area contributed by atoms with Gasteiger partial charge in [0.05, 0.1) is 5.69 Å². The van der Waals surface area contributed by atoms with Crippen molar-refractivity contribution in [1.29, 1.82) is 0 Å². The van der Waals surface area contributed by atoms with Crippen LogP contribution in [0.3, 0.4) is 0 Å². The van der Waals surface area contributed by atoms with E-state index in [1.54, 1.807) is 24.3 Å². The van der Waals surface area contributed by atoms with Crippen molar-refractivity contribution in [3.63, 3.8) is 0 Å². The van der Waals surface area contributed by atoms with Crippen molar-refractivity contribution in [2.45, 2.75) is 32.2 Å². The summed E-state index contributed by atoms with van der Waals surface area (Å²) in [7, 11) is 0. The molecule has 4 nitrogen and oxygen atoms in total. The fraction of sp³-hybridized carbons (Fsp3) is 0.462. The zero-order valence-electron chi connectivity index (χ0n) is 10.0. The zero-order valence-corrected chi connectivity index (χ0v) is 10.0. The average molecular weight is 234 g/mol. The number of hydrogen-bond donors (Lipinski definition) is 2. The van der Waals surface area contributed by atoms with Crippen LogP contribution in [0.15, 0.2) is 24.3 Å². The molecule has 1 aromatic carbocycles. The number of hydrogen-bond acceptors (Lipinski definition) is 2. The Labute approximate surface area is 101 Å². The molecule has 1 aliphatic heterocycles. The van der Waals surface area contributed by atoms with Crippen LogP contribution < -0.4 is 5.32 Å². The minimum Gasteiger partial charge on any atom is -0.506 e. The summed E-state index contributed by atoms with van der Waals surface area (Å²) in [5, 5.41) is 12.3. The minimum absolute atomic E-state index is 0.102. The third-order valence-electron chi connectivity index (χ3n) is 3.21. The summed E-state index contributed by atoms with van der Waals surface area (Å²) in [6.45, 7) is 2.85. The average Bonchev–Trinajstić information content (AvgIpc) is 2.32. The lowest BCUT2D eigenvalue weighted by Crippen LogP contribution is -2.44. The number of phenols is 1. The number of nitrogens with one attached hydrogen (secondary N) is 1. The molecule has 92 valence electrons. The van der Waals surface area contributed by atoms with Crippen LogP contribution >= 0.6 is 0 Å². The van der Waals surface area contributed by atoms with Crippen molar-refractivity contribution in [2.24, 2.45) is 0 Å². The van der Waals surface area contributed by atoms with Crippen LogP contribution in [0.25, 0.3) is 0 Å². The Morgan fingerprint density at radius 3 is 2.88 bits per heavy atom. The van der Waals surface area contributed by atoms with E-state index in [-0.39, 0.29) is 17.8 Å². The monoisotopic (exact) mass is 234 g/mol. The Morgan fingerprint density at radius 2 is 2.18 bits per heavy atom. The topological polar surface area (TPSA) is 52.6 Å². The van der Waals surface area contributed by atoms with Crippen molar-refractivity contribution >= 4 is 11.7 Å². The second-order valence-corrected chi connectivity index (χ2v) is 4.49. The van der Waals surface area contributed by atoms with Crippen molar-refractivity contribution in [3.8, 4) is 5.75 Å². The van der Waals surface area contributed by atoms with E-state index in [4.69, 9.17) is 0 Å². The number of piperidine rings is 1. The summed E-state index contributed by atoms with van der Waals surface area (Å²) in [6, 6.07) is 6.92.